The molecular formula is C30H40N4O4. The minimum absolute atomic E-state index is 0.201. The Morgan fingerprint density at radius 3 is 1.76 bits per heavy atom. The van der Waals surface area contributed by atoms with E-state index in [1.54, 1.807) is 14.2 Å². The lowest BCUT2D eigenvalue weighted by molar-refractivity contribution is 0.0600. The van der Waals surface area contributed by atoms with Crippen LogP contribution in [0, 0.1) is 6.92 Å². The number of benzene rings is 2. The van der Waals surface area contributed by atoms with Crippen LogP contribution in [0.3, 0.4) is 0 Å². The van der Waals surface area contributed by atoms with Crippen LogP contribution in [0.25, 0.3) is 0 Å². The quantitative estimate of drug-likeness (QED) is 0.252. The molecule has 8 nitrogen and oxygen atoms in total. The first-order valence-corrected chi connectivity index (χ1v) is 13.2. The summed E-state index contributed by atoms with van der Waals surface area (Å²) in [5.74, 6) is 2.21. The zero-order valence-corrected chi connectivity index (χ0v) is 23.4. The monoisotopic (exact) mass is 520 g/mol. The van der Waals surface area contributed by atoms with Crippen LogP contribution in [0.1, 0.15) is 66.7 Å². The van der Waals surface area contributed by atoms with Gasteiger partial charge in [-0.3, -0.25) is 0 Å². The summed E-state index contributed by atoms with van der Waals surface area (Å²) in [5, 5.41) is 3.55. The Kier molecular flexibility index (Phi) is 10.8. The van der Waals surface area contributed by atoms with Crippen LogP contribution in [0.4, 0.5) is 11.8 Å². The molecular weight excluding hydrogens is 480 g/mol. The molecule has 0 amide bonds. The fraction of sp³-hybridized carbons (Fsp3) is 0.433. The molecule has 0 fully saturated rings. The SMILES string of the molecule is CCCC(CCC)Nc1nc(N(Cc2ccc(OC)cc2)Cc2ccc(OC)cc2)nc(C)c1C(=O)OC. The molecule has 0 aliphatic rings. The molecule has 0 unspecified atom stereocenters. The Bertz CT molecular complexity index is 1110. The molecule has 1 heterocycles. The number of hydrogen-bond acceptors (Lipinski definition) is 8. The van der Waals surface area contributed by atoms with Crippen LogP contribution in [-0.4, -0.2) is 43.3 Å². The van der Waals surface area contributed by atoms with Crippen molar-refractivity contribution < 1.29 is 19.0 Å². The van der Waals surface area contributed by atoms with Gasteiger partial charge in [-0.15, -0.1) is 0 Å². The average molecular weight is 521 g/mol. The van der Waals surface area contributed by atoms with Gasteiger partial charge >= 0.3 is 5.97 Å². The van der Waals surface area contributed by atoms with Gasteiger partial charge < -0.3 is 24.4 Å². The topological polar surface area (TPSA) is 85.8 Å². The Hall–Kier alpha value is -3.81. The van der Waals surface area contributed by atoms with E-state index in [0.717, 1.165) is 48.3 Å². The van der Waals surface area contributed by atoms with Crippen LogP contribution in [-0.2, 0) is 17.8 Å². The number of nitrogens with one attached hydrogen (secondary N) is 1. The second kappa shape index (κ2) is 14.2. The van der Waals surface area contributed by atoms with Crippen LogP contribution < -0.4 is 19.7 Å². The van der Waals surface area contributed by atoms with Gasteiger partial charge in [-0.1, -0.05) is 51.0 Å². The first-order chi connectivity index (χ1) is 18.4. The molecule has 0 spiro atoms. The van der Waals surface area contributed by atoms with E-state index in [0.29, 0.717) is 36.1 Å². The van der Waals surface area contributed by atoms with Gasteiger partial charge in [0.05, 0.1) is 27.0 Å². The van der Waals surface area contributed by atoms with Crippen LogP contribution in [0.5, 0.6) is 11.5 Å². The van der Waals surface area contributed by atoms with Gasteiger partial charge in [0.25, 0.3) is 0 Å². The molecule has 0 radical (unpaired) electrons. The largest absolute Gasteiger partial charge is 0.497 e. The van der Waals surface area contributed by atoms with Gasteiger partial charge in [0, 0.05) is 19.1 Å². The Balaban J connectivity index is 2.05. The summed E-state index contributed by atoms with van der Waals surface area (Å²) in [5.41, 5.74) is 3.12. The summed E-state index contributed by atoms with van der Waals surface area (Å²) in [6, 6.07) is 16.1. The number of carbonyl (C=O) groups excluding carboxylic acids is 1. The maximum atomic E-state index is 12.8. The highest BCUT2D eigenvalue weighted by molar-refractivity contribution is 5.96. The fourth-order valence-electron chi connectivity index (χ4n) is 4.43. The summed E-state index contributed by atoms with van der Waals surface area (Å²) in [7, 11) is 4.70. The summed E-state index contributed by atoms with van der Waals surface area (Å²) in [6.07, 6.45) is 4.02. The van der Waals surface area contributed by atoms with Crippen molar-refractivity contribution in [3.8, 4) is 11.5 Å². The molecule has 204 valence electrons. The lowest BCUT2D eigenvalue weighted by Crippen LogP contribution is -2.28. The molecule has 1 N–H and O–H groups in total. The van der Waals surface area contributed by atoms with Gasteiger partial charge in [0.15, 0.2) is 0 Å². The molecule has 0 bridgehead atoms. The number of anilines is 2. The predicted octanol–water partition coefficient (Wildman–Crippen LogP) is 6.18. The van der Waals surface area contributed by atoms with Crippen LogP contribution in [0.15, 0.2) is 48.5 Å². The van der Waals surface area contributed by atoms with E-state index in [1.165, 1.54) is 7.11 Å². The Morgan fingerprint density at radius 1 is 0.842 bits per heavy atom. The number of carbonyl (C=O) groups is 1. The van der Waals surface area contributed by atoms with Gasteiger partial charge in [-0.05, 0) is 55.2 Å². The maximum Gasteiger partial charge on any atom is 0.343 e. The second-order valence-corrected chi connectivity index (χ2v) is 9.30. The van der Waals surface area contributed by atoms with Crippen molar-refractivity contribution in [1.82, 2.24) is 9.97 Å². The van der Waals surface area contributed by atoms with E-state index < -0.39 is 5.97 Å². The van der Waals surface area contributed by atoms with Crippen LogP contribution in [0.2, 0.25) is 0 Å². The molecule has 3 rings (SSSR count). The van der Waals surface area contributed by atoms with E-state index in [9.17, 15) is 4.79 Å². The number of ether oxygens (including phenoxy) is 3. The highest BCUT2D eigenvalue weighted by Gasteiger charge is 2.24. The number of methoxy groups -OCH3 is 3. The van der Waals surface area contributed by atoms with Crippen molar-refractivity contribution >= 4 is 17.7 Å². The molecule has 0 atom stereocenters. The fourth-order valence-corrected chi connectivity index (χ4v) is 4.43. The first-order valence-electron chi connectivity index (χ1n) is 13.2. The third-order valence-electron chi connectivity index (χ3n) is 6.43. The van der Waals surface area contributed by atoms with Gasteiger partial charge in [-0.2, -0.15) is 4.98 Å². The van der Waals surface area contributed by atoms with Crippen LogP contribution >= 0.6 is 0 Å². The van der Waals surface area contributed by atoms with Crippen molar-refractivity contribution in [1.29, 1.82) is 0 Å². The minimum atomic E-state index is -0.444. The van der Waals surface area contributed by atoms with Crippen molar-refractivity contribution in [3.05, 3.63) is 70.9 Å². The number of nitrogens with zero attached hydrogens (tertiary/aromatic N) is 3. The normalized spacial score (nSPS) is 10.8. The van der Waals surface area contributed by atoms with E-state index in [4.69, 9.17) is 24.2 Å². The van der Waals surface area contributed by atoms with Crippen molar-refractivity contribution in [3.63, 3.8) is 0 Å². The molecule has 0 saturated carbocycles. The number of esters is 1. The zero-order valence-electron chi connectivity index (χ0n) is 23.4. The molecule has 0 aliphatic carbocycles. The van der Waals surface area contributed by atoms with Crippen molar-refractivity contribution in [2.75, 3.05) is 31.5 Å². The van der Waals surface area contributed by atoms with Gasteiger partial charge in [-0.25, -0.2) is 9.78 Å². The van der Waals surface area contributed by atoms with Gasteiger partial charge in [0.2, 0.25) is 5.95 Å². The van der Waals surface area contributed by atoms with E-state index in [1.807, 2.05) is 55.5 Å². The van der Waals surface area contributed by atoms with Crippen molar-refractivity contribution in [2.24, 2.45) is 0 Å². The first kappa shape index (κ1) is 28.8. The summed E-state index contributed by atoms with van der Waals surface area (Å²) >= 11 is 0. The number of aryl methyl sites for hydroxylation is 1. The zero-order chi connectivity index (χ0) is 27.5. The Morgan fingerprint density at radius 2 is 1.34 bits per heavy atom. The number of hydrogen-bond donors (Lipinski definition) is 1. The molecule has 0 aliphatic heterocycles. The lowest BCUT2D eigenvalue weighted by atomic mass is 10.1. The second-order valence-electron chi connectivity index (χ2n) is 9.30. The molecule has 1 aromatic heterocycles. The van der Waals surface area contributed by atoms with E-state index >= 15 is 0 Å². The molecule has 38 heavy (non-hydrogen) atoms. The third-order valence-corrected chi connectivity index (χ3v) is 6.43. The van der Waals surface area contributed by atoms with E-state index in [-0.39, 0.29) is 6.04 Å². The van der Waals surface area contributed by atoms with Gasteiger partial charge in [0.1, 0.15) is 22.9 Å². The van der Waals surface area contributed by atoms with E-state index in [2.05, 4.69) is 24.1 Å². The molecule has 3 aromatic rings. The third kappa shape index (κ3) is 7.60. The number of aromatic nitrogens is 2. The summed E-state index contributed by atoms with van der Waals surface area (Å²) in [4.78, 5) is 24.6. The highest BCUT2D eigenvalue weighted by Crippen LogP contribution is 2.26. The molecule has 0 saturated heterocycles. The molecule has 2 aromatic carbocycles. The highest BCUT2D eigenvalue weighted by atomic mass is 16.5. The summed E-state index contributed by atoms with van der Waals surface area (Å²) in [6.45, 7) is 7.29. The minimum Gasteiger partial charge on any atom is -0.497 e. The lowest BCUT2D eigenvalue weighted by Gasteiger charge is -2.26. The Labute approximate surface area is 226 Å². The standard InChI is InChI=1S/C30H40N4O4/c1-7-9-24(10-8-2)32-28-27(29(35)38-6)21(3)31-30(33-28)34(19-22-11-15-25(36-4)16-12-22)20-23-13-17-26(37-5)18-14-23/h11-18,24H,7-10,19-20H2,1-6H3,(H,31,32,33). The predicted molar refractivity (Wildman–Crippen MR) is 151 cm³/mol. The molecule has 8 heteroatoms. The average Bonchev–Trinajstić information content (AvgIpc) is 2.93. The summed E-state index contributed by atoms with van der Waals surface area (Å²) < 4.78 is 15.8. The van der Waals surface area contributed by atoms with Crippen molar-refractivity contribution in [2.45, 2.75) is 65.6 Å². The maximum absolute atomic E-state index is 12.8. The smallest absolute Gasteiger partial charge is 0.343 e. The number of rotatable bonds is 14.